The number of hydrogen-bond donors (Lipinski definition) is 1. The normalized spacial score (nSPS) is 21.8. The maximum absolute atomic E-state index is 12.6. The molecule has 1 amide bonds. The lowest BCUT2D eigenvalue weighted by Crippen LogP contribution is -2.43. The Morgan fingerprint density at radius 2 is 2.08 bits per heavy atom. The van der Waals surface area contributed by atoms with Gasteiger partial charge >= 0.3 is 0 Å². The van der Waals surface area contributed by atoms with Crippen LogP contribution in [-0.4, -0.2) is 50.3 Å². The fourth-order valence-corrected chi connectivity index (χ4v) is 4.64. The van der Waals surface area contributed by atoms with Crippen molar-refractivity contribution in [3.8, 4) is 0 Å². The van der Waals surface area contributed by atoms with Crippen LogP contribution in [0.1, 0.15) is 57.9 Å². The first-order valence-electron chi connectivity index (χ1n) is 8.66. The van der Waals surface area contributed by atoms with Gasteiger partial charge in [-0.2, -0.15) is 0 Å². The molecule has 1 aliphatic carbocycles. The maximum atomic E-state index is 12.6. The Bertz CT molecular complexity index is 796. The minimum Gasteiger partial charge on any atom is -0.465 e. The Morgan fingerprint density at radius 1 is 1.32 bits per heavy atom. The largest absolute Gasteiger partial charge is 0.465 e. The van der Waals surface area contributed by atoms with Gasteiger partial charge in [0, 0.05) is 32.5 Å². The summed E-state index contributed by atoms with van der Waals surface area (Å²) in [7, 11) is -3.21. The predicted octanol–water partition coefficient (Wildman–Crippen LogP) is 1.51. The molecule has 0 aromatic carbocycles. The summed E-state index contributed by atoms with van der Waals surface area (Å²) in [6.45, 7) is 3.04. The molecule has 1 saturated heterocycles. The molecule has 0 saturated carbocycles. The van der Waals surface area contributed by atoms with Crippen molar-refractivity contribution < 1.29 is 22.4 Å². The van der Waals surface area contributed by atoms with Crippen molar-refractivity contribution in [3.63, 3.8) is 0 Å². The molecule has 2 aliphatic rings. The molecule has 1 aromatic rings. The zero-order valence-electron chi connectivity index (χ0n) is 14.6. The number of nitrogens with zero attached hydrogens (tertiary/aromatic N) is 1. The Kier molecular flexibility index (Phi) is 5.02. The van der Waals surface area contributed by atoms with E-state index in [0.29, 0.717) is 55.1 Å². The van der Waals surface area contributed by atoms with Gasteiger partial charge in [-0.15, -0.1) is 0 Å². The number of Topliss-reactive ketones (excluding diaryl/α,β-unsaturated/α-hetero) is 1. The fourth-order valence-electron chi connectivity index (χ4n) is 3.70. The van der Waals surface area contributed by atoms with Crippen molar-refractivity contribution in [2.24, 2.45) is 5.92 Å². The van der Waals surface area contributed by atoms with Gasteiger partial charge in [0.1, 0.15) is 11.5 Å². The van der Waals surface area contributed by atoms with Crippen LogP contribution in [0.2, 0.25) is 0 Å². The number of sulfonamides is 1. The van der Waals surface area contributed by atoms with Gasteiger partial charge in [-0.25, -0.2) is 12.7 Å². The third-order valence-electron chi connectivity index (χ3n) is 4.97. The fraction of sp³-hybridized carbons (Fsp3) is 0.647. The number of nitrogens with one attached hydrogen (secondary N) is 1. The number of piperidine rings is 1. The number of fused-ring (bicyclic) bond motifs is 1. The van der Waals surface area contributed by atoms with Gasteiger partial charge in [0.05, 0.1) is 17.4 Å². The number of aryl methyl sites for hydroxylation is 2. The Hall–Kier alpha value is -1.67. The van der Waals surface area contributed by atoms with E-state index < -0.39 is 10.0 Å². The Labute approximate surface area is 147 Å². The summed E-state index contributed by atoms with van der Waals surface area (Å²) in [5, 5.41) is 2.87. The van der Waals surface area contributed by atoms with Crippen molar-refractivity contribution in [1.82, 2.24) is 9.62 Å². The number of furan rings is 1. The van der Waals surface area contributed by atoms with E-state index in [1.807, 2.05) is 0 Å². The topological polar surface area (TPSA) is 96.7 Å². The highest BCUT2D eigenvalue weighted by atomic mass is 32.2. The minimum atomic E-state index is -3.21. The lowest BCUT2D eigenvalue weighted by molar-refractivity contribution is 0.0919. The molecule has 0 spiro atoms. The van der Waals surface area contributed by atoms with Crippen molar-refractivity contribution in [1.29, 1.82) is 0 Å². The van der Waals surface area contributed by atoms with Gasteiger partial charge in [0.15, 0.2) is 5.78 Å². The molecule has 0 radical (unpaired) electrons. The summed E-state index contributed by atoms with van der Waals surface area (Å²) < 4.78 is 30.4. The zero-order valence-corrected chi connectivity index (χ0v) is 15.4. The van der Waals surface area contributed by atoms with Gasteiger partial charge in [-0.1, -0.05) is 0 Å². The molecule has 1 atom stereocenters. The van der Waals surface area contributed by atoms with Gasteiger partial charge in [0.2, 0.25) is 10.0 Å². The van der Waals surface area contributed by atoms with Crippen LogP contribution in [0, 0.1) is 12.8 Å². The molecule has 138 valence electrons. The van der Waals surface area contributed by atoms with Crippen LogP contribution in [0.4, 0.5) is 0 Å². The molecule has 25 heavy (non-hydrogen) atoms. The number of rotatable bonds is 4. The van der Waals surface area contributed by atoms with Crippen molar-refractivity contribution >= 4 is 21.7 Å². The zero-order chi connectivity index (χ0) is 18.2. The first-order valence-corrected chi connectivity index (χ1v) is 10.5. The average Bonchev–Trinajstić information content (AvgIpc) is 2.89. The summed E-state index contributed by atoms with van der Waals surface area (Å²) in [5.41, 5.74) is 0.776. The highest BCUT2D eigenvalue weighted by Crippen LogP contribution is 2.29. The highest BCUT2D eigenvalue weighted by Gasteiger charge is 2.31. The Morgan fingerprint density at radius 3 is 2.80 bits per heavy atom. The second-order valence-electron chi connectivity index (χ2n) is 6.95. The van der Waals surface area contributed by atoms with Crippen LogP contribution >= 0.6 is 0 Å². The van der Waals surface area contributed by atoms with E-state index >= 15 is 0 Å². The summed E-state index contributed by atoms with van der Waals surface area (Å²) in [6.07, 6.45) is 4.74. The molecule has 1 aliphatic heterocycles. The van der Waals surface area contributed by atoms with Gasteiger partial charge in [-0.3, -0.25) is 9.59 Å². The smallest absolute Gasteiger partial charge is 0.255 e. The monoisotopic (exact) mass is 368 g/mol. The van der Waals surface area contributed by atoms with Gasteiger partial charge in [0.25, 0.3) is 5.91 Å². The molecule has 1 aromatic heterocycles. The summed E-state index contributed by atoms with van der Waals surface area (Å²) >= 11 is 0. The van der Waals surface area contributed by atoms with Crippen molar-refractivity contribution in [3.05, 3.63) is 22.6 Å². The molecule has 7 nitrogen and oxygen atoms in total. The second kappa shape index (κ2) is 6.92. The lowest BCUT2D eigenvalue weighted by atomic mass is 9.93. The second-order valence-corrected chi connectivity index (χ2v) is 8.93. The molecule has 1 fully saturated rings. The van der Waals surface area contributed by atoms with Gasteiger partial charge < -0.3 is 9.73 Å². The molecule has 0 bridgehead atoms. The minimum absolute atomic E-state index is 0.0378. The summed E-state index contributed by atoms with van der Waals surface area (Å²) in [6, 6.07) is 0. The standard InChI is InChI=1S/C17H24N2O5S/c1-11-15(16-13(20)6-3-7-14(16)24-11)17(21)18-9-12-5-4-8-19(10-12)25(2,22)23/h12H,3-10H2,1-2H3,(H,18,21)/t12-/m1/s1. The average molecular weight is 368 g/mol. The number of hydrogen-bond acceptors (Lipinski definition) is 5. The number of carbonyl (C=O) groups is 2. The summed E-state index contributed by atoms with van der Waals surface area (Å²) in [4.78, 5) is 24.8. The quantitative estimate of drug-likeness (QED) is 0.869. The lowest BCUT2D eigenvalue weighted by Gasteiger charge is -2.31. The van der Waals surface area contributed by atoms with Crippen LogP contribution in [0.5, 0.6) is 0 Å². The number of carbonyl (C=O) groups excluding carboxylic acids is 2. The van der Waals surface area contributed by atoms with E-state index in [2.05, 4.69) is 5.32 Å². The van der Waals surface area contributed by atoms with Crippen molar-refractivity contribution in [2.45, 2.75) is 39.0 Å². The third kappa shape index (κ3) is 3.79. The first kappa shape index (κ1) is 18.1. The van der Waals surface area contributed by atoms with E-state index in [4.69, 9.17) is 4.42 Å². The molecular formula is C17H24N2O5S. The highest BCUT2D eigenvalue weighted by molar-refractivity contribution is 7.88. The molecule has 3 rings (SSSR count). The third-order valence-corrected chi connectivity index (χ3v) is 6.24. The van der Waals surface area contributed by atoms with Crippen LogP contribution < -0.4 is 5.32 Å². The van der Waals surface area contributed by atoms with E-state index in [9.17, 15) is 18.0 Å². The number of ketones is 1. The van der Waals surface area contributed by atoms with Crippen molar-refractivity contribution in [2.75, 3.05) is 25.9 Å². The van der Waals surface area contributed by atoms with E-state index in [0.717, 1.165) is 19.3 Å². The predicted molar refractivity (Wildman–Crippen MR) is 92.2 cm³/mol. The molecule has 8 heteroatoms. The molecular weight excluding hydrogens is 344 g/mol. The maximum Gasteiger partial charge on any atom is 0.255 e. The molecule has 1 N–H and O–H groups in total. The van der Waals surface area contributed by atoms with Crippen LogP contribution in [0.25, 0.3) is 0 Å². The van der Waals surface area contributed by atoms with E-state index in [-0.39, 0.29) is 17.6 Å². The molecule has 2 heterocycles. The molecule has 0 unspecified atom stereocenters. The van der Waals surface area contributed by atoms with E-state index in [1.165, 1.54) is 10.6 Å². The SMILES string of the molecule is Cc1oc2c(c1C(=O)NC[C@H]1CCCN(S(C)(=O)=O)C1)C(=O)CCC2. The van der Waals surface area contributed by atoms with Crippen LogP contribution in [0.3, 0.4) is 0 Å². The summed E-state index contributed by atoms with van der Waals surface area (Å²) in [5.74, 6) is 0.809. The first-order chi connectivity index (χ1) is 11.8. The number of amides is 1. The van der Waals surface area contributed by atoms with Crippen LogP contribution in [-0.2, 0) is 16.4 Å². The van der Waals surface area contributed by atoms with Crippen LogP contribution in [0.15, 0.2) is 4.42 Å². The van der Waals surface area contributed by atoms with E-state index in [1.54, 1.807) is 6.92 Å². The van der Waals surface area contributed by atoms with Gasteiger partial charge in [-0.05, 0) is 32.1 Å². The Balaban J connectivity index is 1.68.